The van der Waals surface area contributed by atoms with E-state index in [0.717, 1.165) is 25.8 Å². The molecule has 1 aliphatic carbocycles. The van der Waals surface area contributed by atoms with E-state index in [9.17, 15) is 13.2 Å². The minimum Gasteiger partial charge on any atom is -0.469 e. The number of rotatable bonds is 9. The highest BCUT2D eigenvalue weighted by Crippen LogP contribution is 2.27. The molecule has 0 spiro atoms. The molecule has 1 unspecified atom stereocenters. The molecular weight excluding hydrogens is 290 g/mol. The Balaban J connectivity index is 2.58. The molecule has 0 aromatic rings. The fraction of sp³-hybridized carbons (Fsp3) is 0.933. The minimum absolute atomic E-state index is 0.0212. The molecule has 1 saturated carbocycles. The predicted molar refractivity (Wildman–Crippen MR) is 83.9 cm³/mol. The molecule has 124 valence electrons. The number of nitrogens with one attached hydrogen (secondary N) is 1. The number of hydrogen-bond donors (Lipinski definition) is 1. The van der Waals surface area contributed by atoms with Crippen LogP contribution in [0.25, 0.3) is 0 Å². The summed E-state index contributed by atoms with van der Waals surface area (Å²) in [7, 11) is -1.95. The topological polar surface area (TPSA) is 72.5 Å². The average molecular weight is 319 g/mol. The summed E-state index contributed by atoms with van der Waals surface area (Å²) in [6.07, 6.45) is 6.79. The van der Waals surface area contributed by atoms with E-state index in [4.69, 9.17) is 0 Å². The molecule has 6 heteroatoms. The first-order valence-corrected chi connectivity index (χ1v) is 9.81. The third kappa shape index (κ3) is 7.27. The molecule has 21 heavy (non-hydrogen) atoms. The van der Waals surface area contributed by atoms with Crippen molar-refractivity contribution in [2.24, 2.45) is 5.92 Å². The van der Waals surface area contributed by atoms with Gasteiger partial charge in [0.1, 0.15) is 0 Å². The summed E-state index contributed by atoms with van der Waals surface area (Å²) in [4.78, 5) is 11.1. The van der Waals surface area contributed by atoms with Crippen molar-refractivity contribution in [3.8, 4) is 0 Å². The Labute approximate surface area is 128 Å². The molecule has 0 aromatic carbocycles. The zero-order valence-electron chi connectivity index (χ0n) is 13.3. The first-order valence-electron chi connectivity index (χ1n) is 7.99. The number of carbonyl (C=O) groups is 1. The number of sulfone groups is 1. The van der Waals surface area contributed by atoms with Crippen LogP contribution >= 0.6 is 0 Å². The van der Waals surface area contributed by atoms with E-state index in [-0.39, 0.29) is 24.0 Å². The molecule has 1 fully saturated rings. The van der Waals surface area contributed by atoms with Crippen molar-refractivity contribution < 1.29 is 17.9 Å². The average Bonchev–Trinajstić information content (AvgIpc) is 2.50. The summed E-state index contributed by atoms with van der Waals surface area (Å²) in [5.41, 5.74) is 0. The third-order valence-corrected chi connectivity index (χ3v) is 5.85. The Morgan fingerprint density at radius 1 is 1.29 bits per heavy atom. The van der Waals surface area contributed by atoms with Crippen LogP contribution in [0.3, 0.4) is 0 Å². The van der Waals surface area contributed by atoms with Gasteiger partial charge < -0.3 is 10.1 Å². The van der Waals surface area contributed by atoms with Crippen LogP contribution in [0.15, 0.2) is 0 Å². The fourth-order valence-electron chi connectivity index (χ4n) is 2.93. The van der Waals surface area contributed by atoms with Gasteiger partial charge >= 0.3 is 5.97 Å². The Kier molecular flexibility index (Phi) is 8.26. The van der Waals surface area contributed by atoms with Crippen LogP contribution in [0, 0.1) is 5.92 Å². The van der Waals surface area contributed by atoms with Gasteiger partial charge in [0.15, 0.2) is 9.84 Å². The van der Waals surface area contributed by atoms with E-state index < -0.39 is 15.8 Å². The Morgan fingerprint density at radius 3 is 2.52 bits per heavy atom. The van der Waals surface area contributed by atoms with Gasteiger partial charge in [0.25, 0.3) is 0 Å². The second kappa shape index (κ2) is 9.41. The number of ether oxygens (including phenoxy) is 1. The van der Waals surface area contributed by atoms with Crippen LogP contribution in [0.5, 0.6) is 0 Å². The van der Waals surface area contributed by atoms with Crippen LogP contribution in [-0.2, 0) is 19.4 Å². The van der Waals surface area contributed by atoms with Crippen molar-refractivity contribution >= 4 is 15.8 Å². The number of methoxy groups -OCH3 is 1. The smallest absolute Gasteiger partial charge is 0.306 e. The van der Waals surface area contributed by atoms with Gasteiger partial charge in [-0.05, 0) is 31.7 Å². The lowest BCUT2D eigenvalue weighted by Gasteiger charge is -2.31. The van der Waals surface area contributed by atoms with Crippen LogP contribution in [-0.4, -0.2) is 45.6 Å². The highest BCUT2D eigenvalue weighted by molar-refractivity contribution is 7.91. The molecule has 0 amide bonds. The van der Waals surface area contributed by atoms with Crippen molar-refractivity contribution in [1.29, 1.82) is 0 Å². The highest BCUT2D eigenvalue weighted by atomic mass is 32.2. The standard InChI is InChI=1S/C15H29NO4S/c1-3-10-16-14(13-7-5-4-6-8-13)12-21(18,19)11-9-15(17)20-2/h13-14,16H,3-12H2,1-2H3. The Bertz CT molecular complexity index is 402. The molecule has 5 nitrogen and oxygen atoms in total. The van der Waals surface area contributed by atoms with Gasteiger partial charge in [-0.1, -0.05) is 26.2 Å². The summed E-state index contributed by atoms with van der Waals surface area (Å²) in [5, 5.41) is 3.40. The Morgan fingerprint density at radius 2 is 1.95 bits per heavy atom. The molecule has 1 atom stereocenters. The van der Waals surface area contributed by atoms with Crippen molar-refractivity contribution in [3.63, 3.8) is 0 Å². The lowest BCUT2D eigenvalue weighted by Crippen LogP contribution is -2.43. The lowest BCUT2D eigenvalue weighted by molar-refractivity contribution is -0.140. The zero-order chi connectivity index (χ0) is 15.7. The first-order chi connectivity index (χ1) is 9.98. The number of esters is 1. The van der Waals surface area contributed by atoms with Crippen molar-refractivity contribution in [1.82, 2.24) is 5.32 Å². The quantitative estimate of drug-likeness (QED) is 0.657. The van der Waals surface area contributed by atoms with Gasteiger partial charge in [0, 0.05) is 6.04 Å². The van der Waals surface area contributed by atoms with Crippen molar-refractivity contribution in [3.05, 3.63) is 0 Å². The van der Waals surface area contributed by atoms with E-state index >= 15 is 0 Å². The molecule has 1 aliphatic rings. The SMILES string of the molecule is CCCNC(CS(=O)(=O)CCC(=O)OC)C1CCCCC1. The van der Waals surface area contributed by atoms with Gasteiger partial charge in [0.05, 0.1) is 25.0 Å². The largest absolute Gasteiger partial charge is 0.469 e. The molecule has 0 aliphatic heterocycles. The summed E-state index contributed by atoms with van der Waals surface area (Å²) in [6, 6.07) is 0.0212. The van der Waals surface area contributed by atoms with Gasteiger partial charge in [0.2, 0.25) is 0 Å². The van der Waals surface area contributed by atoms with Gasteiger partial charge in [-0.3, -0.25) is 4.79 Å². The lowest BCUT2D eigenvalue weighted by atomic mass is 9.84. The van der Waals surface area contributed by atoms with Crippen LogP contribution in [0.2, 0.25) is 0 Å². The minimum atomic E-state index is -3.23. The number of hydrogen-bond acceptors (Lipinski definition) is 5. The molecule has 0 saturated heterocycles. The van der Waals surface area contributed by atoms with E-state index in [1.165, 1.54) is 26.4 Å². The van der Waals surface area contributed by atoms with E-state index in [0.29, 0.717) is 5.92 Å². The predicted octanol–water partition coefficient (Wildman–Crippen LogP) is 1.91. The maximum absolute atomic E-state index is 12.2. The van der Waals surface area contributed by atoms with Crippen LogP contribution in [0.1, 0.15) is 51.9 Å². The molecule has 1 rings (SSSR count). The molecular formula is C15H29NO4S. The molecule has 0 aromatic heterocycles. The van der Waals surface area contributed by atoms with Crippen molar-refractivity contribution in [2.45, 2.75) is 57.9 Å². The number of carbonyl (C=O) groups excluding carboxylic acids is 1. The second-order valence-electron chi connectivity index (χ2n) is 5.90. The summed E-state index contributed by atoms with van der Waals surface area (Å²) >= 11 is 0. The van der Waals surface area contributed by atoms with Gasteiger partial charge in [-0.15, -0.1) is 0 Å². The molecule has 0 radical (unpaired) electrons. The Hall–Kier alpha value is -0.620. The zero-order valence-corrected chi connectivity index (χ0v) is 14.1. The van der Waals surface area contributed by atoms with Crippen LogP contribution in [0.4, 0.5) is 0 Å². The summed E-state index contributed by atoms with van der Waals surface area (Å²) in [6.45, 7) is 2.92. The maximum Gasteiger partial charge on any atom is 0.306 e. The highest BCUT2D eigenvalue weighted by Gasteiger charge is 2.28. The van der Waals surface area contributed by atoms with E-state index in [1.54, 1.807) is 0 Å². The van der Waals surface area contributed by atoms with Crippen LogP contribution < -0.4 is 5.32 Å². The normalized spacial score (nSPS) is 18.4. The fourth-order valence-corrected chi connectivity index (χ4v) is 4.51. The summed E-state index contributed by atoms with van der Waals surface area (Å²) < 4.78 is 29.0. The van der Waals surface area contributed by atoms with E-state index in [2.05, 4.69) is 17.0 Å². The third-order valence-electron chi connectivity index (χ3n) is 4.15. The van der Waals surface area contributed by atoms with Crippen molar-refractivity contribution in [2.75, 3.05) is 25.2 Å². The summed E-state index contributed by atoms with van der Waals surface area (Å²) in [5.74, 6) is -0.00162. The van der Waals surface area contributed by atoms with Gasteiger partial charge in [-0.2, -0.15) is 0 Å². The maximum atomic E-state index is 12.2. The monoisotopic (exact) mass is 319 g/mol. The molecule has 0 heterocycles. The molecule has 1 N–H and O–H groups in total. The first kappa shape index (κ1) is 18.4. The second-order valence-corrected chi connectivity index (χ2v) is 8.13. The van der Waals surface area contributed by atoms with E-state index in [1.807, 2.05) is 0 Å². The van der Waals surface area contributed by atoms with Gasteiger partial charge in [-0.25, -0.2) is 8.42 Å². The molecule has 0 bridgehead atoms.